The third kappa shape index (κ3) is 3.72. The van der Waals surface area contributed by atoms with Crippen LogP contribution in [0, 0.1) is 0 Å². The molecule has 27 heavy (non-hydrogen) atoms. The molecular formula is C18H18N2O6S. The van der Waals surface area contributed by atoms with Gasteiger partial charge in [-0.25, -0.2) is 12.4 Å². The molecule has 0 unspecified atom stereocenters. The van der Waals surface area contributed by atoms with Crippen molar-refractivity contribution in [3.8, 4) is 5.75 Å². The van der Waals surface area contributed by atoms with Crippen LogP contribution >= 0.6 is 0 Å². The largest absolute Gasteiger partial charge is 0.494 e. The second-order valence-corrected chi connectivity index (χ2v) is 7.66. The summed E-state index contributed by atoms with van der Waals surface area (Å²) < 4.78 is 32.7. The number of benzene rings is 1. The number of fused-ring (bicyclic) bond motifs is 1. The zero-order chi connectivity index (χ0) is 19.6. The first-order valence-corrected chi connectivity index (χ1v) is 9.70. The van der Waals surface area contributed by atoms with Crippen LogP contribution in [0.1, 0.15) is 18.9 Å². The summed E-state index contributed by atoms with van der Waals surface area (Å²) in [5.74, 6) is -0.462. The van der Waals surface area contributed by atoms with Crippen LogP contribution in [-0.4, -0.2) is 35.1 Å². The van der Waals surface area contributed by atoms with Crippen LogP contribution in [0.25, 0.3) is 10.9 Å². The monoisotopic (exact) mass is 390 g/mol. The highest BCUT2D eigenvalue weighted by Crippen LogP contribution is 2.29. The summed E-state index contributed by atoms with van der Waals surface area (Å²) in [6, 6.07) is 7.40. The zero-order valence-corrected chi connectivity index (χ0v) is 15.3. The average molecular weight is 390 g/mol. The maximum Gasteiger partial charge on any atom is 0.303 e. The van der Waals surface area contributed by atoms with Gasteiger partial charge in [-0.1, -0.05) is 0 Å². The molecule has 0 aliphatic heterocycles. The molecule has 2 aromatic heterocycles. The number of rotatable bonds is 7. The molecular weight excluding hydrogens is 372 g/mol. The molecule has 1 aromatic carbocycles. The zero-order valence-electron chi connectivity index (χ0n) is 14.5. The summed E-state index contributed by atoms with van der Waals surface area (Å²) in [6.07, 6.45) is 2.62. The van der Waals surface area contributed by atoms with Gasteiger partial charge in [-0.2, -0.15) is 0 Å². The first-order chi connectivity index (χ1) is 12.8. The Labute approximate surface area is 155 Å². The summed E-state index contributed by atoms with van der Waals surface area (Å²) in [4.78, 5) is 24.4. The number of nitrogens with one attached hydrogen (secondary N) is 1. The molecule has 2 N–H and O–H groups in total. The quantitative estimate of drug-likeness (QED) is 0.637. The predicted octanol–water partition coefficient (Wildman–Crippen LogP) is 1.98. The molecule has 0 aliphatic carbocycles. The second kappa shape index (κ2) is 7.28. The molecule has 0 amide bonds. The Morgan fingerprint density at radius 2 is 2.04 bits per heavy atom. The number of aromatic nitrogens is 2. The van der Waals surface area contributed by atoms with E-state index in [9.17, 15) is 18.0 Å². The van der Waals surface area contributed by atoms with E-state index in [2.05, 4.69) is 4.98 Å². The lowest BCUT2D eigenvalue weighted by atomic mass is 10.1. The van der Waals surface area contributed by atoms with Crippen LogP contribution in [0.5, 0.6) is 5.75 Å². The average Bonchev–Trinajstić information content (AvgIpc) is 2.99. The van der Waals surface area contributed by atoms with Crippen LogP contribution in [0.3, 0.4) is 0 Å². The molecule has 0 aliphatic rings. The molecule has 0 fully saturated rings. The second-order valence-electron chi connectivity index (χ2n) is 5.85. The molecule has 8 nitrogen and oxygen atoms in total. The van der Waals surface area contributed by atoms with Crippen molar-refractivity contribution in [3.63, 3.8) is 0 Å². The molecule has 0 radical (unpaired) electrons. The molecule has 3 rings (SSSR count). The number of aryl methyl sites for hydroxylation is 1. The number of aromatic amines is 1. The third-order valence-corrected chi connectivity index (χ3v) is 5.73. The molecule has 9 heteroatoms. The molecule has 0 spiro atoms. The molecule has 142 valence electrons. The number of carboxylic acids is 1. The van der Waals surface area contributed by atoms with E-state index in [0.29, 0.717) is 28.8 Å². The van der Waals surface area contributed by atoms with E-state index in [1.165, 1.54) is 12.3 Å². The minimum Gasteiger partial charge on any atom is -0.494 e. The summed E-state index contributed by atoms with van der Waals surface area (Å²) in [5.41, 5.74) is 0.572. The standard InChI is InChI=1S/C18H18N2O6S/c1-2-26-13-4-6-15-12(3-8-18(22)23)11-20(16(15)9-13)27(24,25)14-5-7-17(21)19-10-14/h4-7,9-11H,2-3,8H2,1H3,(H,19,21)(H,22,23). The Morgan fingerprint density at radius 1 is 1.26 bits per heavy atom. The number of carboxylic acid groups (broad SMARTS) is 1. The summed E-state index contributed by atoms with van der Waals surface area (Å²) >= 11 is 0. The van der Waals surface area contributed by atoms with E-state index in [0.717, 1.165) is 16.2 Å². The van der Waals surface area contributed by atoms with Crippen LogP contribution < -0.4 is 10.3 Å². The van der Waals surface area contributed by atoms with Gasteiger partial charge in [0.05, 0.1) is 12.1 Å². The lowest BCUT2D eigenvalue weighted by Gasteiger charge is -2.08. The first-order valence-electron chi connectivity index (χ1n) is 8.26. The first kappa shape index (κ1) is 18.7. The summed E-state index contributed by atoms with van der Waals surface area (Å²) in [5, 5.41) is 9.58. The van der Waals surface area contributed by atoms with Gasteiger partial charge in [0.2, 0.25) is 5.56 Å². The van der Waals surface area contributed by atoms with E-state index in [1.54, 1.807) is 18.2 Å². The van der Waals surface area contributed by atoms with Crippen LogP contribution in [0.4, 0.5) is 0 Å². The molecule has 0 saturated heterocycles. The highest BCUT2D eigenvalue weighted by molar-refractivity contribution is 7.90. The van der Waals surface area contributed by atoms with Crippen molar-refractivity contribution in [3.05, 3.63) is 58.6 Å². The van der Waals surface area contributed by atoms with Crippen molar-refractivity contribution >= 4 is 26.9 Å². The van der Waals surface area contributed by atoms with Gasteiger partial charge in [0.1, 0.15) is 10.6 Å². The van der Waals surface area contributed by atoms with E-state index in [1.807, 2.05) is 6.92 Å². The normalized spacial score (nSPS) is 11.6. The maximum atomic E-state index is 13.1. The Morgan fingerprint density at radius 3 is 2.67 bits per heavy atom. The fourth-order valence-electron chi connectivity index (χ4n) is 2.81. The number of ether oxygens (including phenoxy) is 1. The van der Waals surface area contributed by atoms with Gasteiger partial charge in [0, 0.05) is 36.3 Å². The topological polar surface area (TPSA) is 118 Å². The van der Waals surface area contributed by atoms with Gasteiger partial charge < -0.3 is 14.8 Å². The fourth-order valence-corrected chi connectivity index (χ4v) is 4.16. The Kier molecular flexibility index (Phi) is 5.04. The minimum atomic E-state index is -3.99. The van der Waals surface area contributed by atoms with Crippen molar-refractivity contribution in [2.75, 3.05) is 6.61 Å². The van der Waals surface area contributed by atoms with Crippen LogP contribution in [0.2, 0.25) is 0 Å². The molecule has 3 aromatic rings. The maximum absolute atomic E-state index is 13.1. The highest BCUT2D eigenvalue weighted by Gasteiger charge is 2.22. The van der Waals surface area contributed by atoms with Gasteiger partial charge in [-0.15, -0.1) is 0 Å². The third-order valence-electron chi connectivity index (χ3n) is 4.06. The minimum absolute atomic E-state index is 0.0782. The van der Waals surface area contributed by atoms with E-state index in [4.69, 9.17) is 9.84 Å². The summed E-state index contributed by atoms with van der Waals surface area (Å²) in [6.45, 7) is 2.24. The van der Waals surface area contributed by atoms with Gasteiger partial charge in [-0.3, -0.25) is 9.59 Å². The number of hydrogen-bond donors (Lipinski definition) is 2. The Balaban J connectivity index is 2.20. The fraction of sp³-hybridized carbons (Fsp3) is 0.222. The Bertz CT molecular complexity index is 1140. The lowest BCUT2D eigenvalue weighted by Crippen LogP contribution is -2.14. The molecule has 0 saturated carbocycles. The molecule has 0 bridgehead atoms. The van der Waals surface area contributed by atoms with E-state index in [-0.39, 0.29) is 17.7 Å². The number of pyridine rings is 1. The molecule has 2 heterocycles. The van der Waals surface area contributed by atoms with Crippen LogP contribution in [-0.2, 0) is 21.2 Å². The number of nitrogens with zero attached hydrogens (tertiary/aromatic N) is 1. The number of aliphatic carboxylic acids is 1. The highest BCUT2D eigenvalue weighted by atomic mass is 32.2. The van der Waals surface area contributed by atoms with Gasteiger partial charge in [0.15, 0.2) is 0 Å². The van der Waals surface area contributed by atoms with Crippen molar-refractivity contribution in [1.29, 1.82) is 0 Å². The summed E-state index contributed by atoms with van der Waals surface area (Å²) in [7, 11) is -3.99. The number of carbonyl (C=O) groups is 1. The van der Waals surface area contributed by atoms with Crippen LogP contribution in [0.15, 0.2) is 52.4 Å². The van der Waals surface area contributed by atoms with Crippen molar-refractivity contribution in [2.24, 2.45) is 0 Å². The van der Waals surface area contributed by atoms with E-state index < -0.39 is 21.6 Å². The predicted molar refractivity (Wildman–Crippen MR) is 98.7 cm³/mol. The Hall–Kier alpha value is -3.07. The van der Waals surface area contributed by atoms with Gasteiger partial charge >= 0.3 is 5.97 Å². The smallest absolute Gasteiger partial charge is 0.303 e. The number of H-pyrrole nitrogens is 1. The lowest BCUT2D eigenvalue weighted by molar-refractivity contribution is -0.136. The van der Waals surface area contributed by atoms with Gasteiger partial charge in [0.25, 0.3) is 10.0 Å². The van der Waals surface area contributed by atoms with Crippen molar-refractivity contribution in [2.45, 2.75) is 24.7 Å². The SMILES string of the molecule is CCOc1ccc2c(CCC(=O)O)cn(S(=O)(=O)c3ccc(=O)[nH]c3)c2c1. The number of hydrogen-bond acceptors (Lipinski definition) is 5. The van der Waals surface area contributed by atoms with Crippen molar-refractivity contribution < 1.29 is 23.1 Å². The van der Waals surface area contributed by atoms with Crippen molar-refractivity contribution in [1.82, 2.24) is 8.96 Å². The molecule has 0 atom stereocenters. The van der Waals surface area contributed by atoms with E-state index >= 15 is 0 Å². The van der Waals surface area contributed by atoms with Gasteiger partial charge in [-0.05, 0) is 37.1 Å².